The third-order valence-electron chi connectivity index (χ3n) is 6.81. The van der Waals surface area contributed by atoms with Gasteiger partial charge in [-0.2, -0.15) is 0 Å². The van der Waals surface area contributed by atoms with Crippen LogP contribution in [0.1, 0.15) is 37.4 Å². The quantitative estimate of drug-likeness (QED) is 0.182. The second-order valence-corrected chi connectivity index (χ2v) is 12.3. The number of benzene rings is 4. The first kappa shape index (κ1) is 32.2. The number of carbonyl (C=O) groups excluding carboxylic acids is 2. The minimum Gasteiger partial charge on any atom is -0.484 e. The number of rotatable bonds is 14. The standard InChI is InChI=1S/C34H36FN3O5S/c1-25(2)21-22-36-34(40)33(27-11-7-4-8-12-27)38(23-26-9-5-3-6-10-26)32(39)24-43-30-17-19-31(20-18-30)44(41,42)37-29-15-13-28(35)14-16-29/h3-20,25,33,37H,21-24H2,1-2H3,(H,36,40)/t33-/m0/s1. The molecule has 2 amide bonds. The number of carbonyl (C=O) groups is 2. The van der Waals surface area contributed by atoms with Gasteiger partial charge in [0.1, 0.15) is 17.6 Å². The van der Waals surface area contributed by atoms with Crippen LogP contribution in [0.2, 0.25) is 0 Å². The van der Waals surface area contributed by atoms with E-state index < -0.39 is 27.8 Å². The lowest BCUT2D eigenvalue weighted by Crippen LogP contribution is -2.45. The molecular formula is C34H36FN3O5S. The maximum Gasteiger partial charge on any atom is 0.261 e. The maximum absolute atomic E-state index is 13.8. The third kappa shape index (κ3) is 9.15. The SMILES string of the molecule is CC(C)CCNC(=O)[C@H](c1ccccc1)N(Cc1ccccc1)C(=O)COc1ccc(S(=O)(=O)Nc2ccc(F)cc2)cc1. The van der Waals surface area contributed by atoms with Gasteiger partial charge in [-0.15, -0.1) is 0 Å². The van der Waals surface area contributed by atoms with Crippen molar-refractivity contribution in [1.29, 1.82) is 0 Å². The van der Waals surface area contributed by atoms with Crippen molar-refractivity contribution in [3.05, 3.63) is 126 Å². The maximum atomic E-state index is 13.8. The highest BCUT2D eigenvalue weighted by atomic mass is 32.2. The Morgan fingerprint density at radius 2 is 1.45 bits per heavy atom. The van der Waals surface area contributed by atoms with Crippen molar-refractivity contribution < 1.29 is 27.1 Å². The lowest BCUT2D eigenvalue weighted by molar-refractivity contribution is -0.143. The number of hydrogen-bond donors (Lipinski definition) is 2. The average Bonchev–Trinajstić information content (AvgIpc) is 3.01. The summed E-state index contributed by atoms with van der Waals surface area (Å²) in [5.74, 6) is -0.508. The molecule has 0 spiro atoms. The fourth-order valence-electron chi connectivity index (χ4n) is 4.47. The molecular weight excluding hydrogens is 581 g/mol. The summed E-state index contributed by atoms with van der Waals surface area (Å²) < 4.78 is 46.9. The molecule has 4 aromatic rings. The molecule has 0 aliphatic heterocycles. The molecule has 0 heterocycles. The summed E-state index contributed by atoms with van der Waals surface area (Å²) in [4.78, 5) is 28.8. The van der Waals surface area contributed by atoms with E-state index in [1.165, 1.54) is 41.3 Å². The first-order valence-corrected chi connectivity index (χ1v) is 15.8. The van der Waals surface area contributed by atoms with E-state index in [1.807, 2.05) is 60.7 Å². The molecule has 8 nitrogen and oxygen atoms in total. The molecule has 4 rings (SSSR count). The molecule has 0 aromatic heterocycles. The molecule has 4 aromatic carbocycles. The molecule has 0 saturated carbocycles. The summed E-state index contributed by atoms with van der Waals surface area (Å²) in [6.45, 7) is 4.43. The molecule has 230 valence electrons. The van der Waals surface area contributed by atoms with Crippen LogP contribution in [0.5, 0.6) is 5.75 Å². The summed E-state index contributed by atoms with van der Waals surface area (Å²) >= 11 is 0. The molecule has 0 fully saturated rings. The Morgan fingerprint density at radius 1 is 0.841 bits per heavy atom. The monoisotopic (exact) mass is 617 g/mol. The number of hydrogen-bond acceptors (Lipinski definition) is 5. The van der Waals surface area contributed by atoms with E-state index in [4.69, 9.17) is 4.74 Å². The topological polar surface area (TPSA) is 105 Å². The Kier molecular flexibility index (Phi) is 11.1. The van der Waals surface area contributed by atoms with Crippen LogP contribution in [0, 0.1) is 11.7 Å². The minimum absolute atomic E-state index is 0.0339. The smallest absolute Gasteiger partial charge is 0.261 e. The molecule has 1 atom stereocenters. The van der Waals surface area contributed by atoms with Crippen molar-refractivity contribution in [2.24, 2.45) is 5.92 Å². The zero-order chi connectivity index (χ0) is 31.5. The summed E-state index contributed by atoms with van der Waals surface area (Å²) in [6.07, 6.45) is 0.800. The Balaban J connectivity index is 1.52. The molecule has 10 heteroatoms. The van der Waals surface area contributed by atoms with Gasteiger partial charge in [0.2, 0.25) is 5.91 Å². The van der Waals surface area contributed by atoms with Gasteiger partial charge in [0.15, 0.2) is 6.61 Å². The van der Waals surface area contributed by atoms with Crippen molar-refractivity contribution in [2.45, 2.75) is 37.8 Å². The van der Waals surface area contributed by atoms with E-state index in [-0.39, 0.29) is 35.4 Å². The van der Waals surface area contributed by atoms with E-state index in [2.05, 4.69) is 23.9 Å². The second-order valence-electron chi connectivity index (χ2n) is 10.7. The van der Waals surface area contributed by atoms with Crippen molar-refractivity contribution in [2.75, 3.05) is 17.9 Å². The van der Waals surface area contributed by atoms with E-state index in [9.17, 15) is 22.4 Å². The number of halogens is 1. The Hall–Kier alpha value is -4.70. The molecule has 0 radical (unpaired) electrons. The van der Waals surface area contributed by atoms with Gasteiger partial charge in [-0.1, -0.05) is 74.5 Å². The van der Waals surface area contributed by atoms with Gasteiger partial charge in [-0.25, -0.2) is 12.8 Å². The molecule has 2 N–H and O–H groups in total. The number of amides is 2. The Labute approximate surface area is 257 Å². The zero-order valence-electron chi connectivity index (χ0n) is 24.7. The zero-order valence-corrected chi connectivity index (χ0v) is 25.5. The van der Waals surface area contributed by atoms with Gasteiger partial charge < -0.3 is 15.0 Å². The van der Waals surface area contributed by atoms with Crippen molar-refractivity contribution in [3.63, 3.8) is 0 Å². The van der Waals surface area contributed by atoms with E-state index in [0.29, 0.717) is 18.0 Å². The lowest BCUT2D eigenvalue weighted by Gasteiger charge is -2.31. The van der Waals surface area contributed by atoms with Crippen LogP contribution in [0.15, 0.2) is 114 Å². The highest BCUT2D eigenvalue weighted by molar-refractivity contribution is 7.92. The van der Waals surface area contributed by atoms with Gasteiger partial charge in [0, 0.05) is 18.8 Å². The van der Waals surface area contributed by atoms with Crippen LogP contribution in [-0.2, 0) is 26.2 Å². The molecule has 0 aliphatic carbocycles. The third-order valence-corrected chi connectivity index (χ3v) is 8.20. The number of nitrogens with zero attached hydrogens (tertiary/aromatic N) is 1. The normalized spacial score (nSPS) is 11.9. The highest BCUT2D eigenvalue weighted by Gasteiger charge is 2.31. The van der Waals surface area contributed by atoms with Crippen LogP contribution < -0.4 is 14.8 Å². The molecule has 44 heavy (non-hydrogen) atoms. The number of nitrogens with one attached hydrogen (secondary N) is 2. The Bertz CT molecular complexity index is 1620. The van der Waals surface area contributed by atoms with Crippen LogP contribution in [0.4, 0.5) is 10.1 Å². The van der Waals surface area contributed by atoms with Gasteiger partial charge in [0.05, 0.1) is 4.90 Å². The summed E-state index contributed by atoms with van der Waals surface area (Å²) in [6, 6.07) is 28.2. The first-order chi connectivity index (χ1) is 21.1. The number of anilines is 1. The summed E-state index contributed by atoms with van der Waals surface area (Å²) in [5.41, 5.74) is 1.74. The van der Waals surface area contributed by atoms with Crippen molar-refractivity contribution in [3.8, 4) is 5.75 Å². The van der Waals surface area contributed by atoms with Crippen LogP contribution in [0.3, 0.4) is 0 Å². The first-order valence-electron chi connectivity index (χ1n) is 14.3. The van der Waals surface area contributed by atoms with Gasteiger partial charge in [-0.05, 0) is 72.0 Å². The van der Waals surface area contributed by atoms with Gasteiger partial charge in [-0.3, -0.25) is 14.3 Å². The molecule has 0 aliphatic rings. The van der Waals surface area contributed by atoms with Crippen LogP contribution in [-0.4, -0.2) is 38.3 Å². The van der Waals surface area contributed by atoms with E-state index >= 15 is 0 Å². The molecule has 0 unspecified atom stereocenters. The molecule has 0 bridgehead atoms. The largest absolute Gasteiger partial charge is 0.484 e. The van der Waals surface area contributed by atoms with Gasteiger partial charge in [0.25, 0.3) is 15.9 Å². The van der Waals surface area contributed by atoms with E-state index in [0.717, 1.165) is 24.1 Å². The van der Waals surface area contributed by atoms with Crippen LogP contribution >= 0.6 is 0 Å². The predicted molar refractivity (Wildman–Crippen MR) is 168 cm³/mol. The Morgan fingerprint density at radius 3 is 2.07 bits per heavy atom. The fraction of sp³-hybridized carbons (Fsp3) is 0.235. The number of sulfonamides is 1. The predicted octanol–water partition coefficient (Wildman–Crippen LogP) is 5.94. The second kappa shape index (κ2) is 15.2. The van der Waals surface area contributed by atoms with E-state index in [1.54, 1.807) is 0 Å². The average molecular weight is 618 g/mol. The van der Waals surface area contributed by atoms with Crippen molar-refractivity contribution >= 4 is 27.5 Å². The minimum atomic E-state index is -3.93. The summed E-state index contributed by atoms with van der Waals surface area (Å²) in [7, 11) is -3.93. The fourth-order valence-corrected chi connectivity index (χ4v) is 5.53. The summed E-state index contributed by atoms with van der Waals surface area (Å²) in [5, 5.41) is 2.99. The molecule has 0 saturated heterocycles. The van der Waals surface area contributed by atoms with Crippen LogP contribution in [0.25, 0.3) is 0 Å². The van der Waals surface area contributed by atoms with Crippen molar-refractivity contribution in [1.82, 2.24) is 10.2 Å². The number of ether oxygens (including phenoxy) is 1. The van der Waals surface area contributed by atoms with Gasteiger partial charge >= 0.3 is 0 Å². The highest BCUT2D eigenvalue weighted by Crippen LogP contribution is 2.25. The lowest BCUT2D eigenvalue weighted by atomic mass is 10.0.